The molecule has 5 nitrogen and oxygen atoms in total. The summed E-state index contributed by atoms with van der Waals surface area (Å²) in [5.74, 6) is -2.88. The van der Waals surface area contributed by atoms with Crippen LogP contribution in [0, 0.1) is 11.6 Å². The largest absolute Gasteiger partial charge is 0.394 e. The molecule has 0 aliphatic heterocycles. The second kappa shape index (κ2) is 10.4. The normalized spacial score (nSPS) is 11.7. The topological polar surface area (TPSA) is 69.6 Å². The van der Waals surface area contributed by atoms with Crippen LogP contribution in [0.2, 0.25) is 0 Å². The van der Waals surface area contributed by atoms with Crippen molar-refractivity contribution in [3.05, 3.63) is 89.5 Å². The molecule has 1 unspecified atom stereocenters. The Bertz CT molecular complexity index is 1080. The van der Waals surface area contributed by atoms with Crippen molar-refractivity contribution in [3.8, 4) is 11.1 Å². The van der Waals surface area contributed by atoms with Crippen molar-refractivity contribution >= 4 is 22.9 Å². The van der Waals surface area contributed by atoms with E-state index < -0.39 is 35.8 Å². The van der Waals surface area contributed by atoms with Crippen LogP contribution in [0.5, 0.6) is 0 Å². The SMILES string of the molecule is CN(C)C(=O)Sc1ccc(-c2ccc(C(CO)NC(=O)c3c(F)cccc3F)cc2)cc1. The number of benzene rings is 3. The second-order valence-electron chi connectivity index (χ2n) is 7.21. The van der Waals surface area contributed by atoms with Gasteiger partial charge in [-0.2, -0.15) is 0 Å². The van der Waals surface area contributed by atoms with Crippen LogP contribution in [0.4, 0.5) is 13.6 Å². The van der Waals surface area contributed by atoms with E-state index in [1.54, 1.807) is 26.2 Å². The average Bonchev–Trinajstić information content (AvgIpc) is 2.78. The van der Waals surface area contributed by atoms with E-state index in [2.05, 4.69) is 5.32 Å². The van der Waals surface area contributed by atoms with Gasteiger partial charge in [0.25, 0.3) is 11.1 Å². The van der Waals surface area contributed by atoms with E-state index in [0.717, 1.165) is 39.9 Å². The third-order valence-electron chi connectivity index (χ3n) is 4.75. The minimum Gasteiger partial charge on any atom is -0.394 e. The molecule has 0 bridgehead atoms. The molecule has 166 valence electrons. The van der Waals surface area contributed by atoms with E-state index in [1.165, 1.54) is 11.0 Å². The van der Waals surface area contributed by atoms with Crippen LogP contribution in [0.15, 0.2) is 71.6 Å². The summed E-state index contributed by atoms with van der Waals surface area (Å²) in [7, 11) is 3.39. The van der Waals surface area contributed by atoms with Gasteiger partial charge < -0.3 is 15.3 Å². The lowest BCUT2D eigenvalue weighted by molar-refractivity contribution is 0.0907. The fourth-order valence-corrected chi connectivity index (χ4v) is 3.65. The Kier molecular flexibility index (Phi) is 7.61. The molecule has 3 aromatic carbocycles. The molecular formula is C24H22F2N2O3S. The Morgan fingerprint density at radius 3 is 1.97 bits per heavy atom. The summed E-state index contributed by atoms with van der Waals surface area (Å²) in [6.07, 6.45) is 0. The smallest absolute Gasteiger partial charge is 0.285 e. The average molecular weight is 457 g/mol. The van der Waals surface area contributed by atoms with E-state index in [0.29, 0.717) is 5.56 Å². The van der Waals surface area contributed by atoms with E-state index >= 15 is 0 Å². The zero-order chi connectivity index (χ0) is 23.3. The number of rotatable bonds is 6. The van der Waals surface area contributed by atoms with Crippen molar-refractivity contribution in [1.82, 2.24) is 10.2 Å². The number of nitrogens with zero attached hydrogens (tertiary/aromatic N) is 1. The van der Waals surface area contributed by atoms with Crippen LogP contribution >= 0.6 is 11.8 Å². The van der Waals surface area contributed by atoms with Crippen molar-refractivity contribution in [2.75, 3.05) is 20.7 Å². The number of carbonyl (C=O) groups is 2. The lowest BCUT2D eigenvalue weighted by Crippen LogP contribution is -2.32. The minimum atomic E-state index is -0.969. The van der Waals surface area contributed by atoms with Crippen molar-refractivity contribution in [2.24, 2.45) is 0 Å². The number of carbonyl (C=O) groups excluding carboxylic acids is 2. The summed E-state index contributed by atoms with van der Waals surface area (Å²) in [6.45, 7) is -0.438. The summed E-state index contributed by atoms with van der Waals surface area (Å²) in [5, 5.41) is 12.1. The lowest BCUT2D eigenvalue weighted by atomic mass is 10.0. The highest BCUT2D eigenvalue weighted by Gasteiger charge is 2.21. The van der Waals surface area contributed by atoms with Crippen molar-refractivity contribution in [1.29, 1.82) is 0 Å². The van der Waals surface area contributed by atoms with Gasteiger partial charge in [0.1, 0.15) is 17.2 Å². The number of aliphatic hydroxyl groups excluding tert-OH is 1. The number of hydrogen-bond donors (Lipinski definition) is 2. The number of amides is 2. The maximum absolute atomic E-state index is 13.9. The first-order valence-electron chi connectivity index (χ1n) is 9.75. The van der Waals surface area contributed by atoms with Crippen LogP contribution < -0.4 is 5.32 Å². The predicted molar refractivity (Wildman–Crippen MR) is 120 cm³/mol. The Morgan fingerprint density at radius 2 is 1.47 bits per heavy atom. The van der Waals surface area contributed by atoms with Crippen molar-refractivity contribution in [3.63, 3.8) is 0 Å². The summed E-state index contributed by atoms with van der Waals surface area (Å²) < 4.78 is 27.7. The third kappa shape index (κ3) is 5.52. The van der Waals surface area contributed by atoms with Gasteiger partial charge in [0.2, 0.25) is 0 Å². The van der Waals surface area contributed by atoms with E-state index in [9.17, 15) is 23.5 Å². The molecule has 8 heteroatoms. The first kappa shape index (κ1) is 23.4. The van der Waals surface area contributed by atoms with Gasteiger partial charge in [-0.15, -0.1) is 0 Å². The molecular weight excluding hydrogens is 434 g/mol. The third-order valence-corrected chi connectivity index (χ3v) is 5.80. The standard InChI is InChI=1S/C24H22F2N2O3S/c1-28(2)24(31)32-18-12-10-16(11-13-18)15-6-8-17(9-7-15)21(14-29)27-23(30)22-19(25)4-3-5-20(22)26/h3-13,21,29H,14H2,1-2H3,(H,27,30). The van der Waals surface area contributed by atoms with Gasteiger partial charge in [-0.25, -0.2) is 8.78 Å². The molecule has 0 saturated carbocycles. The molecule has 0 fully saturated rings. The number of nitrogens with one attached hydrogen (secondary N) is 1. The molecule has 0 radical (unpaired) electrons. The predicted octanol–water partition coefficient (Wildman–Crippen LogP) is 4.87. The number of hydrogen-bond acceptors (Lipinski definition) is 4. The maximum atomic E-state index is 13.9. The molecule has 0 spiro atoms. The van der Waals surface area contributed by atoms with Gasteiger partial charge in [0.05, 0.1) is 12.6 Å². The van der Waals surface area contributed by atoms with E-state index in [4.69, 9.17) is 0 Å². The maximum Gasteiger partial charge on any atom is 0.285 e. The second-order valence-corrected chi connectivity index (χ2v) is 8.24. The fourth-order valence-electron chi connectivity index (χ4n) is 2.99. The minimum absolute atomic E-state index is 0.0607. The van der Waals surface area contributed by atoms with Crippen LogP contribution in [0.1, 0.15) is 22.0 Å². The van der Waals surface area contributed by atoms with Gasteiger partial charge in [0.15, 0.2) is 0 Å². The molecule has 0 aromatic heterocycles. The highest BCUT2D eigenvalue weighted by Crippen LogP contribution is 2.27. The van der Waals surface area contributed by atoms with E-state index in [-0.39, 0.29) is 5.24 Å². The molecule has 0 heterocycles. The van der Waals surface area contributed by atoms with Crippen LogP contribution in [-0.4, -0.2) is 41.9 Å². The first-order chi connectivity index (χ1) is 15.3. The number of thioether (sulfide) groups is 1. The molecule has 32 heavy (non-hydrogen) atoms. The molecule has 2 amide bonds. The van der Waals surface area contributed by atoms with Gasteiger partial charge in [-0.05, 0) is 52.7 Å². The van der Waals surface area contributed by atoms with Crippen molar-refractivity contribution in [2.45, 2.75) is 10.9 Å². The summed E-state index contributed by atoms with van der Waals surface area (Å²) in [4.78, 5) is 26.5. The quantitative estimate of drug-likeness (QED) is 0.520. The molecule has 3 aromatic rings. The highest BCUT2D eigenvalue weighted by molar-refractivity contribution is 8.13. The van der Waals surface area contributed by atoms with Crippen LogP contribution in [0.25, 0.3) is 11.1 Å². The Balaban J connectivity index is 1.72. The number of halogens is 2. The molecule has 3 rings (SSSR count). The summed E-state index contributed by atoms with van der Waals surface area (Å²) >= 11 is 1.14. The zero-order valence-electron chi connectivity index (χ0n) is 17.5. The van der Waals surface area contributed by atoms with Gasteiger partial charge in [-0.3, -0.25) is 9.59 Å². The lowest BCUT2D eigenvalue weighted by Gasteiger charge is -2.18. The number of aliphatic hydroxyl groups is 1. The van der Waals surface area contributed by atoms with Crippen LogP contribution in [-0.2, 0) is 0 Å². The van der Waals surface area contributed by atoms with Gasteiger partial charge >= 0.3 is 0 Å². The molecule has 1 atom stereocenters. The monoisotopic (exact) mass is 456 g/mol. The molecule has 2 N–H and O–H groups in total. The molecule has 0 aliphatic carbocycles. The van der Waals surface area contributed by atoms with E-state index in [1.807, 2.05) is 36.4 Å². The van der Waals surface area contributed by atoms with Gasteiger partial charge in [-0.1, -0.05) is 42.5 Å². The summed E-state index contributed by atoms with van der Waals surface area (Å²) in [6, 6.07) is 17.0. The summed E-state index contributed by atoms with van der Waals surface area (Å²) in [5.41, 5.74) is 1.72. The fraction of sp³-hybridized carbons (Fsp3) is 0.167. The molecule has 0 aliphatic rings. The Hall–Kier alpha value is -3.23. The first-order valence-corrected chi connectivity index (χ1v) is 10.6. The van der Waals surface area contributed by atoms with Crippen molar-refractivity contribution < 1.29 is 23.5 Å². The zero-order valence-corrected chi connectivity index (χ0v) is 18.3. The molecule has 0 saturated heterocycles. The van der Waals surface area contributed by atoms with Gasteiger partial charge in [0, 0.05) is 19.0 Å². The van der Waals surface area contributed by atoms with Crippen LogP contribution in [0.3, 0.4) is 0 Å². The Morgan fingerprint density at radius 1 is 0.938 bits per heavy atom. The highest BCUT2D eigenvalue weighted by atomic mass is 32.2. The Labute approximate surface area is 189 Å².